The molecule has 1 aromatic heterocycles. The van der Waals surface area contributed by atoms with E-state index in [0.717, 1.165) is 24.4 Å². The highest BCUT2D eigenvalue weighted by Crippen LogP contribution is 2.34. The Hall–Kier alpha value is -1.71. The average molecular weight is 268 g/mol. The Morgan fingerprint density at radius 3 is 2.70 bits per heavy atom. The van der Waals surface area contributed by atoms with E-state index in [0.29, 0.717) is 6.54 Å². The van der Waals surface area contributed by atoms with E-state index >= 15 is 0 Å². The van der Waals surface area contributed by atoms with Gasteiger partial charge in [-0.15, -0.1) is 0 Å². The Labute approximate surface area is 119 Å². The third-order valence-corrected chi connectivity index (χ3v) is 3.84. The van der Waals surface area contributed by atoms with E-state index in [1.807, 2.05) is 13.8 Å². The average Bonchev–Trinajstić information content (AvgIpc) is 2.45. The SMILES string of the molecule is Cc1cc(-c2cccc3c2CCO[C@H]3CN)cc(C)n1. The largest absolute Gasteiger partial charge is 0.372 e. The highest BCUT2D eigenvalue weighted by atomic mass is 16.5. The zero-order valence-electron chi connectivity index (χ0n) is 12.0. The highest BCUT2D eigenvalue weighted by molar-refractivity contribution is 5.70. The molecular weight excluding hydrogens is 248 g/mol. The van der Waals surface area contributed by atoms with Gasteiger partial charge in [0.05, 0.1) is 12.7 Å². The summed E-state index contributed by atoms with van der Waals surface area (Å²) in [6, 6.07) is 10.7. The predicted molar refractivity (Wildman–Crippen MR) is 80.6 cm³/mol. The van der Waals surface area contributed by atoms with Crippen LogP contribution in [-0.4, -0.2) is 18.1 Å². The summed E-state index contributed by atoms with van der Waals surface area (Å²) in [5.41, 5.74) is 13.1. The number of hydrogen-bond acceptors (Lipinski definition) is 3. The fraction of sp³-hybridized carbons (Fsp3) is 0.353. The van der Waals surface area contributed by atoms with Crippen molar-refractivity contribution in [2.75, 3.05) is 13.2 Å². The first-order chi connectivity index (χ1) is 9.69. The molecule has 1 aromatic carbocycles. The maximum Gasteiger partial charge on any atom is 0.0950 e. The van der Waals surface area contributed by atoms with Crippen molar-refractivity contribution >= 4 is 0 Å². The number of aromatic nitrogens is 1. The molecule has 3 nitrogen and oxygen atoms in total. The van der Waals surface area contributed by atoms with E-state index in [1.165, 1.54) is 22.3 Å². The van der Waals surface area contributed by atoms with Crippen molar-refractivity contribution in [2.24, 2.45) is 5.73 Å². The van der Waals surface area contributed by atoms with E-state index in [2.05, 4.69) is 35.3 Å². The fourth-order valence-electron chi connectivity index (χ4n) is 3.03. The molecule has 3 rings (SSSR count). The summed E-state index contributed by atoms with van der Waals surface area (Å²) >= 11 is 0. The second-order valence-electron chi connectivity index (χ2n) is 5.36. The molecule has 3 heteroatoms. The van der Waals surface area contributed by atoms with Crippen molar-refractivity contribution in [3.63, 3.8) is 0 Å². The Bertz CT molecular complexity index is 617. The highest BCUT2D eigenvalue weighted by Gasteiger charge is 2.22. The summed E-state index contributed by atoms with van der Waals surface area (Å²) in [4.78, 5) is 4.46. The molecule has 2 heterocycles. The Morgan fingerprint density at radius 1 is 1.25 bits per heavy atom. The van der Waals surface area contributed by atoms with Crippen LogP contribution in [0.4, 0.5) is 0 Å². The van der Waals surface area contributed by atoms with Crippen LogP contribution in [0.15, 0.2) is 30.3 Å². The third kappa shape index (κ3) is 2.35. The number of pyridine rings is 1. The molecule has 1 aliphatic heterocycles. The zero-order valence-corrected chi connectivity index (χ0v) is 12.0. The molecule has 2 N–H and O–H groups in total. The van der Waals surface area contributed by atoms with Gasteiger partial charge in [0, 0.05) is 17.9 Å². The van der Waals surface area contributed by atoms with Gasteiger partial charge in [0.2, 0.25) is 0 Å². The number of benzene rings is 1. The van der Waals surface area contributed by atoms with Gasteiger partial charge in [-0.1, -0.05) is 18.2 Å². The van der Waals surface area contributed by atoms with Gasteiger partial charge in [0.1, 0.15) is 0 Å². The molecule has 104 valence electrons. The number of nitrogens with two attached hydrogens (primary N) is 1. The smallest absolute Gasteiger partial charge is 0.0950 e. The van der Waals surface area contributed by atoms with E-state index in [-0.39, 0.29) is 6.10 Å². The lowest BCUT2D eigenvalue weighted by Gasteiger charge is -2.27. The van der Waals surface area contributed by atoms with Crippen molar-refractivity contribution in [3.05, 3.63) is 52.8 Å². The normalized spacial score (nSPS) is 17.9. The summed E-state index contributed by atoms with van der Waals surface area (Å²) in [6.45, 7) is 5.36. The van der Waals surface area contributed by atoms with Gasteiger partial charge in [0.25, 0.3) is 0 Å². The molecule has 2 aromatic rings. The van der Waals surface area contributed by atoms with Gasteiger partial charge >= 0.3 is 0 Å². The van der Waals surface area contributed by atoms with Crippen molar-refractivity contribution in [1.82, 2.24) is 4.98 Å². The lowest BCUT2D eigenvalue weighted by Crippen LogP contribution is -2.23. The Kier molecular flexibility index (Phi) is 3.55. The zero-order chi connectivity index (χ0) is 14.1. The maximum atomic E-state index is 5.82. The number of ether oxygens (including phenoxy) is 1. The molecule has 0 spiro atoms. The van der Waals surface area contributed by atoms with Crippen LogP contribution >= 0.6 is 0 Å². The van der Waals surface area contributed by atoms with Gasteiger partial charge < -0.3 is 10.5 Å². The minimum atomic E-state index is 0.0303. The van der Waals surface area contributed by atoms with E-state index in [1.54, 1.807) is 0 Å². The van der Waals surface area contributed by atoms with Crippen LogP contribution in [0.1, 0.15) is 28.6 Å². The minimum Gasteiger partial charge on any atom is -0.372 e. The number of nitrogens with zero attached hydrogens (tertiary/aromatic N) is 1. The lowest BCUT2D eigenvalue weighted by atomic mass is 9.89. The van der Waals surface area contributed by atoms with Crippen LogP contribution in [0.2, 0.25) is 0 Å². The monoisotopic (exact) mass is 268 g/mol. The van der Waals surface area contributed by atoms with Gasteiger partial charge in [0.15, 0.2) is 0 Å². The molecule has 0 bridgehead atoms. The van der Waals surface area contributed by atoms with Gasteiger partial charge in [-0.25, -0.2) is 0 Å². The second-order valence-corrected chi connectivity index (χ2v) is 5.36. The molecule has 0 radical (unpaired) electrons. The number of aryl methyl sites for hydroxylation is 2. The second kappa shape index (κ2) is 5.35. The van der Waals surface area contributed by atoms with E-state index in [9.17, 15) is 0 Å². The van der Waals surface area contributed by atoms with Crippen molar-refractivity contribution < 1.29 is 4.74 Å². The number of hydrogen-bond donors (Lipinski definition) is 1. The summed E-state index contributed by atoms with van der Waals surface area (Å²) < 4.78 is 5.75. The molecule has 0 aliphatic carbocycles. The van der Waals surface area contributed by atoms with Gasteiger partial charge in [-0.2, -0.15) is 0 Å². The van der Waals surface area contributed by atoms with Gasteiger partial charge in [-0.05, 0) is 54.7 Å². The van der Waals surface area contributed by atoms with Crippen LogP contribution < -0.4 is 5.73 Å². The molecule has 0 fully saturated rings. The minimum absolute atomic E-state index is 0.0303. The summed E-state index contributed by atoms with van der Waals surface area (Å²) in [5, 5.41) is 0. The molecule has 1 aliphatic rings. The Balaban J connectivity index is 2.15. The van der Waals surface area contributed by atoms with Crippen molar-refractivity contribution in [1.29, 1.82) is 0 Å². The molecule has 0 saturated carbocycles. The molecule has 0 unspecified atom stereocenters. The van der Waals surface area contributed by atoms with Gasteiger partial charge in [-0.3, -0.25) is 4.98 Å². The fourth-order valence-corrected chi connectivity index (χ4v) is 3.03. The quantitative estimate of drug-likeness (QED) is 0.911. The van der Waals surface area contributed by atoms with Crippen LogP contribution in [0, 0.1) is 13.8 Å². The van der Waals surface area contributed by atoms with Crippen LogP contribution in [0.3, 0.4) is 0 Å². The molecule has 0 amide bonds. The van der Waals surface area contributed by atoms with Crippen LogP contribution in [-0.2, 0) is 11.2 Å². The summed E-state index contributed by atoms with van der Waals surface area (Å²) in [5.74, 6) is 0. The first-order valence-corrected chi connectivity index (χ1v) is 7.08. The standard InChI is InChI=1S/C17H20N2O/c1-11-8-13(9-12(2)19-11)14-4-3-5-16-15(14)6-7-20-17(16)10-18/h3-5,8-9,17H,6-7,10,18H2,1-2H3/t17-/m0/s1. The lowest BCUT2D eigenvalue weighted by molar-refractivity contribution is 0.0486. The Morgan fingerprint density at radius 2 is 2.00 bits per heavy atom. The van der Waals surface area contributed by atoms with Crippen LogP contribution in [0.25, 0.3) is 11.1 Å². The molecular formula is C17H20N2O. The first-order valence-electron chi connectivity index (χ1n) is 7.08. The molecule has 0 saturated heterocycles. The molecule has 20 heavy (non-hydrogen) atoms. The number of fused-ring (bicyclic) bond motifs is 1. The van der Waals surface area contributed by atoms with Crippen molar-refractivity contribution in [2.45, 2.75) is 26.4 Å². The van der Waals surface area contributed by atoms with E-state index in [4.69, 9.17) is 10.5 Å². The van der Waals surface area contributed by atoms with Crippen LogP contribution in [0.5, 0.6) is 0 Å². The third-order valence-electron chi connectivity index (χ3n) is 3.84. The summed E-state index contributed by atoms with van der Waals surface area (Å²) in [6.07, 6.45) is 0.977. The first kappa shape index (κ1) is 13.3. The predicted octanol–water partition coefficient (Wildman–Crippen LogP) is 2.94. The molecule has 1 atom stereocenters. The van der Waals surface area contributed by atoms with Crippen molar-refractivity contribution in [3.8, 4) is 11.1 Å². The topological polar surface area (TPSA) is 48.1 Å². The number of rotatable bonds is 2. The van der Waals surface area contributed by atoms with E-state index < -0.39 is 0 Å². The maximum absolute atomic E-state index is 5.82. The summed E-state index contributed by atoms with van der Waals surface area (Å²) in [7, 11) is 0.